The Bertz CT molecular complexity index is 490. The largest absolute Gasteiger partial charge is 0.464 e. The van der Waals surface area contributed by atoms with Crippen LogP contribution in [0.25, 0.3) is 11.0 Å². The molecule has 4 nitrogen and oxygen atoms in total. The minimum Gasteiger partial charge on any atom is -0.464 e. The molecule has 0 radical (unpaired) electrons. The van der Waals surface area contributed by atoms with E-state index in [-0.39, 0.29) is 5.97 Å². The zero-order valence-electron chi connectivity index (χ0n) is 9.22. The predicted molar refractivity (Wildman–Crippen MR) is 61.0 cm³/mol. The Hall–Kier alpha value is -1.84. The quantitative estimate of drug-likeness (QED) is 0.737. The lowest BCUT2D eigenvalue weighted by Gasteiger charge is -2.05. The smallest absolute Gasteiger partial charge is 0.305 e. The highest BCUT2D eigenvalue weighted by Crippen LogP contribution is 2.11. The number of para-hydroxylation sites is 2. The molecule has 0 atom stereocenters. The van der Waals surface area contributed by atoms with Crippen molar-refractivity contribution < 1.29 is 9.53 Å². The maximum Gasteiger partial charge on any atom is 0.305 e. The Morgan fingerprint density at radius 1 is 1.44 bits per heavy atom. The van der Waals surface area contributed by atoms with Crippen LogP contribution in [-0.4, -0.2) is 22.1 Å². The summed E-state index contributed by atoms with van der Waals surface area (Å²) in [5.74, 6) is -0.163. The van der Waals surface area contributed by atoms with Crippen molar-refractivity contribution in [2.75, 3.05) is 6.61 Å². The lowest BCUT2D eigenvalue weighted by molar-refractivity contribution is -0.143. The van der Waals surface area contributed by atoms with E-state index in [9.17, 15) is 4.79 Å². The van der Waals surface area contributed by atoms with Gasteiger partial charge in [-0.1, -0.05) is 19.1 Å². The molecule has 0 aliphatic heterocycles. The van der Waals surface area contributed by atoms with Crippen LogP contribution in [0.2, 0.25) is 0 Å². The van der Waals surface area contributed by atoms with E-state index in [0.717, 1.165) is 11.0 Å². The minimum atomic E-state index is -0.163. The molecule has 0 fully saturated rings. The van der Waals surface area contributed by atoms with Crippen LogP contribution >= 0.6 is 0 Å². The molecular formula is C12H14N2O2. The van der Waals surface area contributed by atoms with Crippen LogP contribution in [0, 0.1) is 0 Å². The van der Waals surface area contributed by atoms with E-state index >= 15 is 0 Å². The van der Waals surface area contributed by atoms with E-state index in [1.165, 1.54) is 0 Å². The summed E-state index contributed by atoms with van der Waals surface area (Å²) in [7, 11) is 0. The zero-order chi connectivity index (χ0) is 11.4. The summed E-state index contributed by atoms with van der Waals surface area (Å²) in [4.78, 5) is 15.2. The van der Waals surface area contributed by atoms with Crippen LogP contribution in [0.4, 0.5) is 0 Å². The van der Waals surface area contributed by atoms with Crippen LogP contribution in [0.3, 0.4) is 0 Å². The molecule has 84 valence electrons. The highest BCUT2D eigenvalue weighted by atomic mass is 16.5. The Labute approximate surface area is 93.9 Å². The number of ether oxygens (including phenoxy) is 1. The van der Waals surface area contributed by atoms with E-state index in [1.54, 1.807) is 13.3 Å². The van der Waals surface area contributed by atoms with Crippen LogP contribution in [0.1, 0.15) is 13.3 Å². The second-order valence-electron chi connectivity index (χ2n) is 3.50. The number of benzene rings is 1. The van der Waals surface area contributed by atoms with Gasteiger partial charge in [-0.3, -0.25) is 4.79 Å². The average molecular weight is 218 g/mol. The topological polar surface area (TPSA) is 44.1 Å². The average Bonchev–Trinajstić information content (AvgIpc) is 2.73. The second kappa shape index (κ2) is 4.79. The first-order valence-corrected chi connectivity index (χ1v) is 5.36. The fourth-order valence-corrected chi connectivity index (χ4v) is 1.55. The van der Waals surface area contributed by atoms with Crippen molar-refractivity contribution in [1.82, 2.24) is 9.55 Å². The first-order valence-electron chi connectivity index (χ1n) is 5.36. The highest BCUT2D eigenvalue weighted by Gasteiger charge is 2.02. The number of imidazole rings is 1. The monoisotopic (exact) mass is 218 g/mol. The van der Waals surface area contributed by atoms with E-state index in [2.05, 4.69) is 4.98 Å². The van der Waals surface area contributed by atoms with Crippen LogP contribution in [0.5, 0.6) is 0 Å². The van der Waals surface area contributed by atoms with Crippen molar-refractivity contribution in [2.45, 2.75) is 19.9 Å². The van der Waals surface area contributed by atoms with Crippen molar-refractivity contribution >= 4 is 17.0 Å². The summed E-state index contributed by atoms with van der Waals surface area (Å²) in [6.07, 6.45) is 2.19. The van der Waals surface area contributed by atoms with Crippen LogP contribution < -0.4 is 0 Å². The van der Waals surface area contributed by atoms with Gasteiger partial charge in [0.15, 0.2) is 0 Å². The van der Waals surface area contributed by atoms with Gasteiger partial charge in [0, 0.05) is 6.42 Å². The number of hydrogen-bond acceptors (Lipinski definition) is 3. The van der Waals surface area contributed by atoms with Gasteiger partial charge in [0.1, 0.15) is 6.61 Å². The van der Waals surface area contributed by atoms with Crippen molar-refractivity contribution in [3.63, 3.8) is 0 Å². The Morgan fingerprint density at radius 2 is 2.25 bits per heavy atom. The normalized spacial score (nSPS) is 10.6. The van der Waals surface area contributed by atoms with Gasteiger partial charge >= 0.3 is 5.97 Å². The molecule has 0 amide bonds. The summed E-state index contributed by atoms with van der Waals surface area (Å²) in [6.45, 7) is 2.83. The summed E-state index contributed by atoms with van der Waals surface area (Å²) in [5.41, 5.74) is 2.03. The third-order valence-corrected chi connectivity index (χ3v) is 2.41. The van der Waals surface area contributed by atoms with Crippen LogP contribution in [0.15, 0.2) is 30.6 Å². The number of aromatic nitrogens is 2. The van der Waals surface area contributed by atoms with E-state index in [0.29, 0.717) is 19.6 Å². The maximum absolute atomic E-state index is 11.0. The molecule has 1 aromatic heterocycles. The van der Waals surface area contributed by atoms with Gasteiger partial charge in [-0.15, -0.1) is 0 Å². The molecule has 0 aliphatic carbocycles. The van der Waals surface area contributed by atoms with Gasteiger partial charge in [-0.05, 0) is 12.1 Å². The number of nitrogens with zero attached hydrogens (tertiary/aromatic N) is 2. The summed E-state index contributed by atoms with van der Waals surface area (Å²) in [6, 6.07) is 7.89. The summed E-state index contributed by atoms with van der Waals surface area (Å²) in [5, 5.41) is 0. The molecule has 4 heteroatoms. The van der Waals surface area contributed by atoms with Gasteiger partial charge in [0.25, 0.3) is 0 Å². The Kier molecular flexibility index (Phi) is 3.19. The van der Waals surface area contributed by atoms with Gasteiger partial charge in [-0.25, -0.2) is 4.98 Å². The molecule has 16 heavy (non-hydrogen) atoms. The lowest BCUT2D eigenvalue weighted by Crippen LogP contribution is -2.09. The fraction of sp³-hybridized carbons (Fsp3) is 0.333. The molecule has 0 unspecified atom stereocenters. The molecule has 0 saturated heterocycles. The number of hydrogen-bond donors (Lipinski definition) is 0. The number of esters is 1. The van der Waals surface area contributed by atoms with Crippen molar-refractivity contribution in [3.05, 3.63) is 30.6 Å². The second-order valence-corrected chi connectivity index (χ2v) is 3.50. The summed E-state index contributed by atoms with van der Waals surface area (Å²) < 4.78 is 7.01. The number of rotatable bonds is 4. The molecule has 1 aromatic carbocycles. The Balaban J connectivity index is 2.02. The number of fused-ring (bicyclic) bond motifs is 1. The standard InChI is InChI=1S/C12H14N2O2/c1-2-12(15)16-8-7-14-9-13-10-5-3-4-6-11(10)14/h3-6,9H,2,7-8H2,1H3. The molecule has 0 N–H and O–H groups in total. The molecule has 0 bridgehead atoms. The highest BCUT2D eigenvalue weighted by molar-refractivity contribution is 5.74. The first kappa shape index (κ1) is 10.7. The first-order chi connectivity index (χ1) is 7.81. The molecule has 0 spiro atoms. The fourth-order valence-electron chi connectivity index (χ4n) is 1.55. The number of carbonyl (C=O) groups excluding carboxylic acids is 1. The van der Waals surface area contributed by atoms with E-state index < -0.39 is 0 Å². The van der Waals surface area contributed by atoms with Crippen molar-refractivity contribution in [2.24, 2.45) is 0 Å². The van der Waals surface area contributed by atoms with Crippen molar-refractivity contribution in [1.29, 1.82) is 0 Å². The van der Waals surface area contributed by atoms with Crippen LogP contribution in [-0.2, 0) is 16.1 Å². The van der Waals surface area contributed by atoms with Gasteiger partial charge in [0.2, 0.25) is 0 Å². The van der Waals surface area contributed by atoms with Crippen molar-refractivity contribution in [3.8, 4) is 0 Å². The molecule has 2 rings (SSSR count). The van der Waals surface area contributed by atoms with E-state index in [4.69, 9.17) is 4.74 Å². The molecular weight excluding hydrogens is 204 g/mol. The van der Waals surface area contributed by atoms with E-state index in [1.807, 2.05) is 28.8 Å². The maximum atomic E-state index is 11.0. The summed E-state index contributed by atoms with van der Waals surface area (Å²) >= 11 is 0. The lowest BCUT2D eigenvalue weighted by atomic mass is 10.3. The van der Waals surface area contributed by atoms with Gasteiger partial charge in [0.05, 0.1) is 23.9 Å². The van der Waals surface area contributed by atoms with Gasteiger partial charge < -0.3 is 9.30 Å². The molecule has 2 aromatic rings. The predicted octanol–water partition coefficient (Wildman–Crippen LogP) is 1.99. The zero-order valence-corrected chi connectivity index (χ0v) is 9.22. The minimum absolute atomic E-state index is 0.163. The Morgan fingerprint density at radius 3 is 3.06 bits per heavy atom. The third-order valence-electron chi connectivity index (χ3n) is 2.41. The SMILES string of the molecule is CCC(=O)OCCn1cnc2ccccc21. The number of carbonyl (C=O) groups is 1. The van der Waals surface area contributed by atoms with Gasteiger partial charge in [-0.2, -0.15) is 0 Å². The molecule has 0 saturated carbocycles. The third kappa shape index (κ3) is 2.21. The molecule has 0 aliphatic rings. The molecule has 1 heterocycles.